The van der Waals surface area contributed by atoms with E-state index in [2.05, 4.69) is 10.3 Å². The van der Waals surface area contributed by atoms with Crippen molar-refractivity contribution in [1.29, 1.82) is 0 Å². The van der Waals surface area contributed by atoms with Gasteiger partial charge in [-0.2, -0.15) is 0 Å². The van der Waals surface area contributed by atoms with Gasteiger partial charge in [0.1, 0.15) is 0 Å². The molecule has 1 N–H and O–H groups in total. The molecule has 0 aliphatic heterocycles. The van der Waals surface area contributed by atoms with Gasteiger partial charge in [-0.25, -0.2) is 0 Å². The van der Waals surface area contributed by atoms with Crippen LogP contribution in [-0.2, 0) is 0 Å². The van der Waals surface area contributed by atoms with Crippen LogP contribution in [0.3, 0.4) is 0 Å². The standard InChI is InChI=1S/C13H18N2O/c1-10-6-7-14-8-12(10)13(16)9-15-11-4-2-3-5-11/h6-8,11,15H,2-5,9H2,1H3. The molecule has 1 aliphatic rings. The molecule has 86 valence electrons. The van der Waals surface area contributed by atoms with Crippen molar-refractivity contribution >= 4 is 5.78 Å². The smallest absolute Gasteiger partial charge is 0.178 e. The summed E-state index contributed by atoms with van der Waals surface area (Å²) in [7, 11) is 0. The molecular formula is C13H18N2O. The van der Waals surface area contributed by atoms with Gasteiger partial charge in [0.25, 0.3) is 0 Å². The molecule has 1 fully saturated rings. The monoisotopic (exact) mass is 218 g/mol. The number of nitrogens with one attached hydrogen (secondary N) is 1. The van der Waals surface area contributed by atoms with Crippen LogP contribution < -0.4 is 5.32 Å². The first-order valence-corrected chi connectivity index (χ1v) is 5.94. The number of hydrogen-bond acceptors (Lipinski definition) is 3. The first kappa shape index (κ1) is 11.3. The summed E-state index contributed by atoms with van der Waals surface area (Å²) in [6, 6.07) is 2.42. The first-order chi connectivity index (χ1) is 7.77. The maximum atomic E-state index is 11.9. The zero-order valence-electron chi connectivity index (χ0n) is 9.70. The largest absolute Gasteiger partial charge is 0.307 e. The van der Waals surface area contributed by atoms with Gasteiger partial charge in [-0.15, -0.1) is 0 Å². The Labute approximate surface area is 96.3 Å². The molecule has 1 aliphatic carbocycles. The SMILES string of the molecule is Cc1ccncc1C(=O)CNC1CCCC1. The number of aryl methyl sites for hydroxylation is 1. The Morgan fingerprint density at radius 2 is 2.25 bits per heavy atom. The minimum absolute atomic E-state index is 0.150. The minimum Gasteiger partial charge on any atom is -0.307 e. The number of Topliss-reactive ketones (excluding diaryl/α,β-unsaturated/α-hetero) is 1. The Morgan fingerprint density at radius 3 is 2.94 bits per heavy atom. The predicted molar refractivity (Wildman–Crippen MR) is 63.6 cm³/mol. The number of hydrogen-bond donors (Lipinski definition) is 1. The Kier molecular flexibility index (Phi) is 3.67. The lowest BCUT2D eigenvalue weighted by atomic mass is 10.1. The van der Waals surface area contributed by atoms with E-state index in [9.17, 15) is 4.79 Å². The second-order valence-corrected chi connectivity index (χ2v) is 4.48. The van der Waals surface area contributed by atoms with Crippen LogP contribution in [0.25, 0.3) is 0 Å². The van der Waals surface area contributed by atoms with E-state index in [-0.39, 0.29) is 5.78 Å². The predicted octanol–water partition coefficient (Wildman–Crippen LogP) is 2.10. The summed E-state index contributed by atoms with van der Waals surface area (Å²) in [6.07, 6.45) is 8.37. The normalized spacial score (nSPS) is 16.6. The molecule has 1 heterocycles. The van der Waals surface area contributed by atoms with Gasteiger partial charge in [-0.1, -0.05) is 12.8 Å². The van der Waals surface area contributed by atoms with Gasteiger partial charge in [0.05, 0.1) is 6.54 Å². The lowest BCUT2D eigenvalue weighted by molar-refractivity contribution is 0.0986. The fraction of sp³-hybridized carbons (Fsp3) is 0.538. The summed E-state index contributed by atoms with van der Waals surface area (Å²) in [5.41, 5.74) is 1.75. The summed E-state index contributed by atoms with van der Waals surface area (Å²) in [5, 5.41) is 3.33. The number of carbonyl (C=O) groups is 1. The molecule has 0 aromatic carbocycles. The molecule has 1 saturated carbocycles. The van der Waals surface area contributed by atoms with Crippen molar-refractivity contribution in [2.75, 3.05) is 6.54 Å². The van der Waals surface area contributed by atoms with Crippen molar-refractivity contribution in [3.8, 4) is 0 Å². The molecule has 0 spiro atoms. The van der Waals surface area contributed by atoms with Crippen LogP contribution in [0.1, 0.15) is 41.6 Å². The van der Waals surface area contributed by atoms with E-state index in [1.165, 1.54) is 25.7 Å². The second-order valence-electron chi connectivity index (χ2n) is 4.48. The zero-order valence-corrected chi connectivity index (χ0v) is 9.70. The van der Waals surface area contributed by atoms with Crippen molar-refractivity contribution < 1.29 is 4.79 Å². The molecule has 0 amide bonds. The maximum Gasteiger partial charge on any atom is 0.178 e. The molecule has 0 saturated heterocycles. The number of aromatic nitrogens is 1. The molecule has 1 aromatic heterocycles. The molecule has 3 heteroatoms. The average molecular weight is 218 g/mol. The highest BCUT2D eigenvalue weighted by atomic mass is 16.1. The molecule has 0 atom stereocenters. The molecule has 3 nitrogen and oxygen atoms in total. The van der Waals surface area contributed by atoms with Gasteiger partial charge in [0.2, 0.25) is 0 Å². The quantitative estimate of drug-likeness (QED) is 0.787. The van der Waals surface area contributed by atoms with Gasteiger partial charge >= 0.3 is 0 Å². The highest BCUT2D eigenvalue weighted by molar-refractivity contribution is 5.98. The summed E-state index contributed by atoms with van der Waals surface area (Å²) in [4.78, 5) is 15.9. The van der Waals surface area contributed by atoms with Crippen LogP contribution in [0.15, 0.2) is 18.5 Å². The number of ketones is 1. The third-order valence-electron chi connectivity index (χ3n) is 3.25. The summed E-state index contributed by atoms with van der Waals surface area (Å²) in [5.74, 6) is 0.150. The number of carbonyl (C=O) groups excluding carboxylic acids is 1. The molecule has 16 heavy (non-hydrogen) atoms. The molecule has 0 bridgehead atoms. The van der Waals surface area contributed by atoms with Crippen LogP contribution in [0.2, 0.25) is 0 Å². The zero-order chi connectivity index (χ0) is 11.4. The van der Waals surface area contributed by atoms with Crippen LogP contribution >= 0.6 is 0 Å². The summed E-state index contributed by atoms with van der Waals surface area (Å²) in [6.45, 7) is 2.39. The third-order valence-corrected chi connectivity index (χ3v) is 3.25. The van der Waals surface area contributed by atoms with Crippen LogP contribution in [0.5, 0.6) is 0 Å². The summed E-state index contributed by atoms with van der Waals surface area (Å²) < 4.78 is 0. The lowest BCUT2D eigenvalue weighted by Gasteiger charge is -2.11. The van der Waals surface area contributed by atoms with Gasteiger partial charge in [0.15, 0.2) is 5.78 Å². The van der Waals surface area contributed by atoms with E-state index in [0.29, 0.717) is 12.6 Å². The van der Waals surface area contributed by atoms with Gasteiger partial charge in [-0.05, 0) is 31.4 Å². The van der Waals surface area contributed by atoms with Gasteiger partial charge in [-0.3, -0.25) is 9.78 Å². The second kappa shape index (κ2) is 5.21. The van der Waals surface area contributed by atoms with Crippen molar-refractivity contribution in [2.45, 2.75) is 38.6 Å². The van der Waals surface area contributed by atoms with Crippen LogP contribution in [0, 0.1) is 6.92 Å². The molecule has 0 radical (unpaired) electrons. The third kappa shape index (κ3) is 2.67. The number of nitrogens with zero attached hydrogens (tertiary/aromatic N) is 1. The van der Waals surface area contributed by atoms with Crippen LogP contribution in [-0.4, -0.2) is 23.4 Å². The van der Waals surface area contributed by atoms with E-state index < -0.39 is 0 Å². The Hall–Kier alpha value is -1.22. The van der Waals surface area contributed by atoms with Crippen molar-refractivity contribution in [2.24, 2.45) is 0 Å². The Bertz CT molecular complexity index is 370. The van der Waals surface area contributed by atoms with E-state index in [0.717, 1.165) is 11.1 Å². The Balaban J connectivity index is 1.90. The number of pyridine rings is 1. The van der Waals surface area contributed by atoms with Crippen molar-refractivity contribution in [1.82, 2.24) is 10.3 Å². The Morgan fingerprint density at radius 1 is 1.50 bits per heavy atom. The van der Waals surface area contributed by atoms with Gasteiger partial charge in [0, 0.05) is 24.0 Å². The highest BCUT2D eigenvalue weighted by Gasteiger charge is 2.16. The first-order valence-electron chi connectivity index (χ1n) is 5.94. The highest BCUT2D eigenvalue weighted by Crippen LogP contribution is 2.17. The molecule has 1 aromatic rings. The van der Waals surface area contributed by atoms with Crippen molar-refractivity contribution in [3.05, 3.63) is 29.6 Å². The van der Waals surface area contributed by atoms with Crippen LogP contribution in [0.4, 0.5) is 0 Å². The van der Waals surface area contributed by atoms with Crippen molar-refractivity contribution in [3.63, 3.8) is 0 Å². The maximum absolute atomic E-state index is 11.9. The fourth-order valence-electron chi connectivity index (χ4n) is 2.22. The van der Waals surface area contributed by atoms with E-state index in [4.69, 9.17) is 0 Å². The number of rotatable bonds is 4. The average Bonchev–Trinajstić information content (AvgIpc) is 2.79. The topological polar surface area (TPSA) is 42.0 Å². The molecule has 0 unspecified atom stereocenters. The molecular weight excluding hydrogens is 200 g/mol. The fourth-order valence-corrected chi connectivity index (χ4v) is 2.22. The summed E-state index contributed by atoms with van der Waals surface area (Å²) >= 11 is 0. The lowest BCUT2D eigenvalue weighted by Crippen LogP contribution is -2.31. The minimum atomic E-state index is 0.150. The van der Waals surface area contributed by atoms with E-state index in [1.54, 1.807) is 12.4 Å². The van der Waals surface area contributed by atoms with E-state index >= 15 is 0 Å². The van der Waals surface area contributed by atoms with E-state index in [1.807, 2.05) is 13.0 Å². The van der Waals surface area contributed by atoms with Gasteiger partial charge < -0.3 is 5.32 Å². The molecule has 2 rings (SSSR count).